The lowest BCUT2D eigenvalue weighted by Gasteiger charge is -2.14. The van der Waals surface area contributed by atoms with Crippen molar-refractivity contribution in [2.24, 2.45) is 5.73 Å². The van der Waals surface area contributed by atoms with Crippen molar-refractivity contribution in [3.63, 3.8) is 0 Å². The van der Waals surface area contributed by atoms with Gasteiger partial charge < -0.3 is 10.5 Å². The second-order valence-electron chi connectivity index (χ2n) is 4.17. The van der Waals surface area contributed by atoms with Gasteiger partial charge >= 0.3 is 0 Å². The Morgan fingerprint density at radius 3 is 2.84 bits per heavy atom. The number of pyridine rings is 1. The molecule has 0 aliphatic rings. The van der Waals surface area contributed by atoms with Gasteiger partial charge in [-0.15, -0.1) is 0 Å². The molecule has 19 heavy (non-hydrogen) atoms. The van der Waals surface area contributed by atoms with Gasteiger partial charge in [-0.1, -0.05) is 27.5 Å². The number of aryl methyl sites for hydroxylation is 1. The van der Waals surface area contributed by atoms with Crippen LogP contribution in [-0.2, 0) is 13.2 Å². The summed E-state index contributed by atoms with van der Waals surface area (Å²) in [6.07, 6.45) is 3.31. The van der Waals surface area contributed by atoms with E-state index in [0.29, 0.717) is 18.2 Å². The first-order chi connectivity index (χ1) is 9.11. The summed E-state index contributed by atoms with van der Waals surface area (Å²) < 4.78 is 6.87. The molecule has 0 bridgehead atoms. The zero-order valence-electron chi connectivity index (χ0n) is 10.5. The van der Waals surface area contributed by atoms with Crippen molar-refractivity contribution < 1.29 is 4.74 Å². The Morgan fingerprint density at radius 2 is 2.16 bits per heavy atom. The number of hydrogen-bond donors (Lipinski definition) is 1. The minimum atomic E-state index is 0.400. The van der Waals surface area contributed by atoms with Gasteiger partial charge in [0, 0.05) is 34.5 Å². The zero-order valence-corrected chi connectivity index (χ0v) is 12.8. The van der Waals surface area contributed by atoms with Crippen molar-refractivity contribution in [1.82, 2.24) is 4.98 Å². The third kappa shape index (κ3) is 3.47. The normalized spacial score (nSPS) is 10.5. The summed E-state index contributed by atoms with van der Waals surface area (Å²) in [6, 6.07) is 5.82. The van der Waals surface area contributed by atoms with Crippen molar-refractivity contribution in [3.05, 3.63) is 56.8 Å². The van der Waals surface area contributed by atoms with Crippen LogP contribution in [0.25, 0.3) is 0 Å². The number of rotatable bonds is 4. The van der Waals surface area contributed by atoms with Crippen molar-refractivity contribution >= 4 is 27.5 Å². The van der Waals surface area contributed by atoms with Gasteiger partial charge in [-0.05, 0) is 30.7 Å². The number of hydrogen-bond acceptors (Lipinski definition) is 3. The van der Waals surface area contributed by atoms with Crippen LogP contribution in [0.5, 0.6) is 5.75 Å². The highest BCUT2D eigenvalue weighted by Gasteiger charge is 2.09. The van der Waals surface area contributed by atoms with Gasteiger partial charge in [-0.2, -0.15) is 0 Å². The van der Waals surface area contributed by atoms with Gasteiger partial charge in [0.1, 0.15) is 12.4 Å². The first kappa shape index (κ1) is 14.3. The summed E-state index contributed by atoms with van der Waals surface area (Å²) in [4.78, 5) is 3.95. The minimum Gasteiger partial charge on any atom is -0.488 e. The van der Waals surface area contributed by atoms with Crippen LogP contribution in [0.15, 0.2) is 35.1 Å². The second kappa shape index (κ2) is 6.37. The number of aromatic nitrogens is 1. The molecule has 1 heterocycles. The quantitative estimate of drug-likeness (QED) is 0.919. The van der Waals surface area contributed by atoms with Gasteiger partial charge in [0.05, 0.1) is 5.02 Å². The Labute approximate surface area is 125 Å². The van der Waals surface area contributed by atoms with E-state index in [2.05, 4.69) is 20.9 Å². The molecule has 5 heteroatoms. The minimum absolute atomic E-state index is 0.400. The fourth-order valence-corrected chi connectivity index (χ4v) is 2.62. The van der Waals surface area contributed by atoms with E-state index in [-0.39, 0.29) is 0 Å². The molecule has 0 aliphatic heterocycles. The van der Waals surface area contributed by atoms with E-state index in [9.17, 15) is 0 Å². The summed E-state index contributed by atoms with van der Waals surface area (Å²) in [5.74, 6) is 0.818. The predicted molar refractivity (Wildman–Crippen MR) is 80.3 cm³/mol. The number of ether oxygens (including phenoxy) is 1. The van der Waals surface area contributed by atoms with Gasteiger partial charge in [-0.25, -0.2) is 0 Å². The molecule has 2 rings (SSSR count). The maximum Gasteiger partial charge on any atom is 0.127 e. The Morgan fingerprint density at radius 1 is 1.37 bits per heavy atom. The number of nitrogens with zero attached hydrogens (tertiary/aromatic N) is 1. The molecule has 1 aromatic heterocycles. The van der Waals surface area contributed by atoms with Crippen molar-refractivity contribution in [1.29, 1.82) is 0 Å². The van der Waals surface area contributed by atoms with Crippen LogP contribution in [0.3, 0.4) is 0 Å². The highest BCUT2D eigenvalue weighted by molar-refractivity contribution is 9.10. The predicted octanol–water partition coefficient (Wildman–Crippen LogP) is 3.84. The molecule has 0 atom stereocenters. The average molecular weight is 342 g/mol. The van der Waals surface area contributed by atoms with Crippen molar-refractivity contribution in [2.75, 3.05) is 0 Å². The van der Waals surface area contributed by atoms with E-state index in [0.717, 1.165) is 26.9 Å². The Balaban J connectivity index is 2.22. The summed E-state index contributed by atoms with van der Waals surface area (Å²) in [6.45, 7) is 2.82. The lowest BCUT2D eigenvalue weighted by Crippen LogP contribution is -2.05. The van der Waals surface area contributed by atoms with Gasteiger partial charge in [0.15, 0.2) is 0 Å². The summed E-state index contributed by atoms with van der Waals surface area (Å²) in [5.41, 5.74) is 8.67. The first-order valence-corrected chi connectivity index (χ1v) is 6.99. The number of halogens is 2. The summed E-state index contributed by atoms with van der Waals surface area (Å²) in [5, 5.41) is 0.603. The van der Waals surface area contributed by atoms with E-state index < -0.39 is 0 Å². The third-order valence-corrected chi connectivity index (χ3v) is 3.56. The molecular weight excluding hydrogens is 328 g/mol. The molecule has 0 unspecified atom stereocenters. The molecule has 0 saturated carbocycles. The smallest absolute Gasteiger partial charge is 0.127 e. The molecule has 0 amide bonds. The van der Waals surface area contributed by atoms with Crippen LogP contribution in [0.1, 0.15) is 16.7 Å². The standard InChI is InChI=1S/C14H14BrClN2O/c1-9-4-12(15)5-11(6-17)14(9)19-8-10-2-3-18-7-13(10)16/h2-5,7H,6,8,17H2,1H3. The van der Waals surface area contributed by atoms with Gasteiger partial charge in [0.25, 0.3) is 0 Å². The van der Waals surface area contributed by atoms with Crippen molar-refractivity contribution in [3.8, 4) is 5.75 Å². The van der Waals surface area contributed by atoms with Crippen LogP contribution in [0.4, 0.5) is 0 Å². The average Bonchev–Trinajstić information content (AvgIpc) is 2.38. The molecule has 0 spiro atoms. The summed E-state index contributed by atoms with van der Waals surface area (Å²) in [7, 11) is 0. The molecule has 2 N–H and O–H groups in total. The largest absolute Gasteiger partial charge is 0.488 e. The van der Waals surface area contributed by atoms with Gasteiger partial charge in [0.2, 0.25) is 0 Å². The molecule has 0 fully saturated rings. The Bertz CT molecular complexity index is 590. The Kier molecular flexibility index (Phi) is 4.80. The Hall–Kier alpha value is -1.10. The van der Waals surface area contributed by atoms with Crippen LogP contribution in [-0.4, -0.2) is 4.98 Å². The van der Waals surface area contributed by atoms with E-state index in [4.69, 9.17) is 22.1 Å². The highest BCUT2D eigenvalue weighted by Crippen LogP contribution is 2.29. The van der Waals surface area contributed by atoms with Crippen LogP contribution < -0.4 is 10.5 Å². The zero-order chi connectivity index (χ0) is 13.8. The van der Waals surface area contributed by atoms with E-state index in [1.165, 1.54) is 0 Å². The SMILES string of the molecule is Cc1cc(Br)cc(CN)c1OCc1ccncc1Cl. The molecule has 0 aliphatic carbocycles. The fourth-order valence-electron chi connectivity index (χ4n) is 1.83. The maximum atomic E-state index is 6.05. The molecule has 0 radical (unpaired) electrons. The highest BCUT2D eigenvalue weighted by atomic mass is 79.9. The first-order valence-electron chi connectivity index (χ1n) is 5.82. The molecular formula is C14H14BrClN2O. The molecule has 3 nitrogen and oxygen atoms in total. The van der Waals surface area contributed by atoms with Crippen molar-refractivity contribution in [2.45, 2.75) is 20.1 Å². The van der Waals surface area contributed by atoms with E-state index in [1.807, 2.05) is 25.1 Å². The van der Waals surface area contributed by atoms with E-state index in [1.54, 1.807) is 12.4 Å². The summed E-state index contributed by atoms with van der Waals surface area (Å²) >= 11 is 9.51. The topological polar surface area (TPSA) is 48.1 Å². The third-order valence-electron chi connectivity index (χ3n) is 2.76. The number of benzene rings is 1. The fraction of sp³-hybridized carbons (Fsp3) is 0.214. The molecule has 0 saturated heterocycles. The van der Waals surface area contributed by atoms with Gasteiger partial charge in [-0.3, -0.25) is 4.98 Å². The lowest BCUT2D eigenvalue weighted by molar-refractivity contribution is 0.301. The van der Waals surface area contributed by atoms with Crippen LogP contribution in [0, 0.1) is 6.92 Å². The molecule has 100 valence electrons. The van der Waals surface area contributed by atoms with E-state index >= 15 is 0 Å². The van der Waals surface area contributed by atoms with Crippen LogP contribution in [0.2, 0.25) is 5.02 Å². The monoisotopic (exact) mass is 340 g/mol. The van der Waals surface area contributed by atoms with Crippen LogP contribution >= 0.6 is 27.5 Å². The number of nitrogens with two attached hydrogens (primary N) is 1. The lowest BCUT2D eigenvalue weighted by atomic mass is 10.1. The maximum absolute atomic E-state index is 6.05. The second-order valence-corrected chi connectivity index (χ2v) is 5.49. The molecule has 2 aromatic rings. The molecule has 1 aromatic carbocycles.